The molecule has 0 amide bonds. The fourth-order valence-electron chi connectivity index (χ4n) is 14.6. The molecule has 0 aromatic heterocycles. The van der Waals surface area contributed by atoms with Crippen molar-refractivity contribution < 1.29 is 56.8 Å². The lowest BCUT2D eigenvalue weighted by Crippen LogP contribution is -2.20. The van der Waals surface area contributed by atoms with E-state index in [1.165, 1.54) is 0 Å². The van der Waals surface area contributed by atoms with E-state index in [1.54, 1.807) is 0 Å². The topological polar surface area (TPSA) is 111 Å². The van der Waals surface area contributed by atoms with Crippen molar-refractivity contribution in [3.05, 3.63) is 212 Å². The molecule has 112 heavy (non-hydrogen) atoms. The molecule has 0 heterocycles. The van der Waals surface area contributed by atoms with Crippen LogP contribution < -0.4 is 56.8 Å². The predicted molar refractivity (Wildman–Crippen MR) is 460 cm³/mol. The van der Waals surface area contributed by atoms with Gasteiger partial charge in [0.05, 0.1) is 79.3 Å². The first-order valence-electron chi connectivity index (χ1n) is 43.8. The van der Waals surface area contributed by atoms with E-state index in [0.717, 1.165) is 221 Å². The Morgan fingerprint density at radius 1 is 0.161 bits per heavy atom. The standard InChI is InChI=1S/C100H136O12/c1-13-25-57-101-89-77-69-78(90(102-58-26-14-2)97(89)109-65-33-21-9)86(74-51-43-38-44-52-74)81-71-82(94(106-62-30-18-6)99(111-67-35-23-11)93(81)105-61-29-17-5)88(76-55-47-40-48-56-76)84-72-83(95(107-63-31-19-7)100(112-68-36-24-12)96(84)108-64-32-20-8)87(75-53-45-39-46-54-75)80-70-79(85(77)73-49-41-37-42-50-73)91(103-59-27-15-3)98(110-66-34-22-10)92(80)104-60-28-16-4/h37-56,69-72,85-88H,13-36,57-68H2,1-12H3. The van der Waals surface area contributed by atoms with E-state index in [9.17, 15) is 0 Å². The van der Waals surface area contributed by atoms with E-state index < -0.39 is 23.7 Å². The first kappa shape index (κ1) is 87.3. The third-order valence-corrected chi connectivity index (χ3v) is 20.9. The summed E-state index contributed by atoms with van der Waals surface area (Å²) >= 11 is 0. The van der Waals surface area contributed by atoms with Crippen molar-refractivity contribution in [3.8, 4) is 69.0 Å². The molecule has 8 bridgehead atoms. The summed E-state index contributed by atoms with van der Waals surface area (Å²) in [6.07, 6.45) is 20.5. The highest BCUT2D eigenvalue weighted by atomic mass is 16.6. The third kappa shape index (κ3) is 22.9. The molecule has 1 aliphatic rings. The molecule has 0 saturated heterocycles. The van der Waals surface area contributed by atoms with Gasteiger partial charge in [0.2, 0.25) is 23.0 Å². The molecule has 1 aliphatic carbocycles. The maximum Gasteiger partial charge on any atom is 0.204 e. The minimum atomic E-state index is -0.650. The Hall–Kier alpha value is -8.64. The van der Waals surface area contributed by atoms with Crippen LogP contribution in [-0.2, 0) is 0 Å². The van der Waals surface area contributed by atoms with Crippen LogP contribution in [0.25, 0.3) is 0 Å². The molecular formula is C100H136O12. The lowest BCUT2D eigenvalue weighted by Gasteiger charge is -2.35. The van der Waals surface area contributed by atoms with Gasteiger partial charge in [-0.15, -0.1) is 0 Å². The van der Waals surface area contributed by atoms with Gasteiger partial charge in [-0.3, -0.25) is 0 Å². The van der Waals surface area contributed by atoms with Gasteiger partial charge < -0.3 is 56.8 Å². The molecule has 8 aromatic rings. The van der Waals surface area contributed by atoms with E-state index in [0.29, 0.717) is 148 Å². The van der Waals surface area contributed by atoms with Crippen LogP contribution in [0.5, 0.6) is 69.0 Å². The normalized spacial score (nSPS) is 14.5. The lowest BCUT2D eigenvalue weighted by molar-refractivity contribution is 0.229. The molecule has 0 aliphatic heterocycles. The van der Waals surface area contributed by atoms with Crippen LogP contribution in [0, 0.1) is 0 Å². The molecule has 8 aromatic carbocycles. The molecule has 12 nitrogen and oxygen atoms in total. The largest absolute Gasteiger partial charge is 0.489 e. The fourth-order valence-corrected chi connectivity index (χ4v) is 14.6. The van der Waals surface area contributed by atoms with Crippen LogP contribution in [0.3, 0.4) is 0 Å². The van der Waals surface area contributed by atoms with Crippen molar-refractivity contribution in [3.63, 3.8) is 0 Å². The summed E-state index contributed by atoms with van der Waals surface area (Å²) in [6.45, 7) is 31.7. The Bertz CT molecular complexity index is 3330. The Balaban J connectivity index is 1.75. The second-order valence-corrected chi connectivity index (χ2v) is 30.0. The highest BCUT2D eigenvalue weighted by Gasteiger charge is 2.43. The molecule has 0 fully saturated rings. The zero-order chi connectivity index (χ0) is 79.1. The van der Waals surface area contributed by atoms with Crippen molar-refractivity contribution >= 4 is 0 Å². The molecule has 0 unspecified atom stereocenters. The fraction of sp³-hybridized carbons (Fsp3) is 0.520. The Kier molecular flexibility index (Phi) is 37.8. The zero-order valence-corrected chi connectivity index (χ0v) is 70.5. The number of benzene rings is 8. The summed E-state index contributed by atoms with van der Waals surface area (Å²) in [5.41, 5.74) is 11.1. The van der Waals surface area contributed by atoms with Crippen molar-refractivity contribution in [2.45, 2.75) is 261 Å². The lowest BCUT2D eigenvalue weighted by atomic mass is 9.74. The quantitative estimate of drug-likeness (QED) is 0.0339. The Labute approximate surface area is 674 Å². The van der Waals surface area contributed by atoms with Gasteiger partial charge in [-0.1, -0.05) is 281 Å². The van der Waals surface area contributed by atoms with Crippen LogP contribution in [0.1, 0.15) is 328 Å². The van der Waals surface area contributed by atoms with Crippen LogP contribution >= 0.6 is 0 Å². The number of hydrogen-bond donors (Lipinski definition) is 0. The maximum atomic E-state index is 7.68. The highest BCUT2D eigenvalue weighted by Crippen LogP contribution is 2.62. The third-order valence-electron chi connectivity index (χ3n) is 20.9. The number of rotatable bonds is 52. The van der Waals surface area contributed by atoms with Gasteiger partial charge in [0, 0.05) is 68.2 Å². The number of ether oxygens (including phenoxy) is 12. The Morgan fingerprint density at radius 3 is 0.393 bits per heavy atom. The van der Waals surface area contributed by atoms with E-state index in [4.69, 9.17) is 56.8 Å². The smallest absolute Gasteiger partial charge is 0.204 e. The summed E-state index contributed by atoms with van der Waals surface area (Å²) in [5.74, 6) is 4.62. The van der Waals surface area contributed by atoms with Gasteiger partial charge in [-0.2, -0.15) is 0 Å². The van der Waals surface area contributed by atoms with Gasteiger partial charge >= 0.3 is 0 Å². The van der Waals surface area contributed by atoms with E-state index in [1.807, 2.05) is 0 Å². The summed E-state index contributed by atoms with van der Waals surface area (Å²) < 4.78 is 92.0. The molecule has 0 N–H and O–H groups in total. The van der Waals surface area contributed by atoms with E-state index >= 15 is 0 Å². The molecule has 0 radical (unpaired) electrons. The summed E-state index contributed by atoms with van der Waals surface area (Å²) in [6, 6.07) is 53.5. The number of hydrogen-bond acceptors (Lipinski definition) is 12. The minimum Gasteiger partial charge on any atom is -0.489 e. The summed E-state index contributed by atoms with van der Waals surface area (Å²) in [7, 11) is 0. The molecule has 0 atom stereocenters. The molecule has 608 valence electrons. The first-order valence-corrected chi connectivity index (χ1v) is 43.8. The van der Waals surface area contributed by atoms with Gasteiger partial charge in [0.25, 0.3) is 0 Å². The van der Waals surface area contributed by atoms with Crippen molar-refractivity contribution in [1.29, 1.82) is 0 Å². The van der Waals surface area contributed by atoms with Crippen LogP contribution in [0.2, 0.25) is 0 Å². The number of unbranched alkanes of at least 4 members (excludes halogenated alkanes) is 12. The number of fused-ring (bicyclic) bond motifs is 8. The van der Waals surface area contributed by atoms with Crippen molar-refractivity contribution in [1.82, 2.24) is 0 Å². The van der Waals surface area contributed by atoms with Crippen molar-refractivity contribution in [2.24, 2.45) is 0 Å². The maximum absolute atomic E-state index is 7.68. The van der Waals surface area contributed by atoms with E-state index in [-0.39, 0.29) is 0 Å². The van der Waals surface area contributed by atoms with Crippen LogP contribution in [0.4, 0.5) is 0 Å². The molecular weight excluding hydrogens is 1390 g/mol. The summed E-state index contributed by atoms with van der Waals surface area (Å²) in [5, 5.41) is 0. The summed E-state index contributed by atoms with van der Waals surface area (Å²) in [4.78, 5) is 0. The van der Waals surface area contributed by atoms with Crippen molar-refractivity contribution in [2.75, 3.05) is 79.3 Å². The first-order chi connectivity index (χ1) is 55.2. The average Bonchev–Trinajstić information content (AvgIpc) is 0.713. The van der Waals surface area contributed by atoms with E-state index in [2.05, 4.69) is 229 Å². The van der Waals surface area contributed by atoms with Gasteiger partial charge in [-0.25, -0.2) is 0 Å². The van der Waals surface area contributed by atoms with Gasteiger partial charge in [0.15, 0.2) is 46.0 Å². The molecule has 0 spiro atoms. The second kappa shape index (κ2) is 48.4. The highest BCUT2D eigenvalue weighted by molar-refractivity contribution is 5.76. The van der Waals surface area contributed by atoms with Crippen LogP contribution in [0.15, 0.2) is 146 Å². The van der Waals surface area contributed by atoms with Crippen LogP contribution in [-0.4, -0.2) is 79.3 Å². The molecule has 0 saturated carbocycles. The minimum absolute atomic E-state index is 0.411. The predicted octanol–water partition coefficient (Wildman–Crippen LogP) is 26.9. The average molecular weight is 1530 g/mol. The zero-order valence-electron chi connectivity index (χ0n) is 70.5. The second-order valence-electron chi connectivity index (χ2n) is 30.0. The van der Waals surface area contributed by atoms with Gasteiger partial charge in [0.1, 0.15) is 0 Å². The SMILES string of the molecule is CCCCOc1c2cc(c(OCCCC)c1OCCCC)C(c1ccccc1)c1cc(c(OCCCC)c(OCCCC)c1OCCCC)C(c1ccccc1)c1cc(c(OCCCC)c(OCCCC)c1OCCCC)C(c1ccccc1)c1cc(c(OCCCC)c(OCCCC)c1OCCCC)C2c1ccccc1. The Morgan fingerprint density at radius 2 is 0.277 bits per heavy atom. The molecule has 9 rings (SSSR count). The van der Waals surface area contributed by atoms with Gasteiger partial charge in [-0.05, 0) is 124 Å². The molecule has 12 heteroatoms. The monoisotopic (exact) mass is 1530 g/mol.